The molecule has 1 aromatic carbocycles. The van der Waals surface area contributed by atoms with Gasteiger partial charge in [0.25, 0.3) is 11.8 Å². The van der Waals surface area contributed by atoms with Crippen LogP contribution in [-0.4, -0.2) is 17.0 Å². The number of nitrogens with one attached hydrogen (secondary N) is 2. The molecular weight excluding hydrogens is 310 g/mol. The van der Waals surface area contributed by atoms with Gasteiger partial charge in [0.15, 0.2) is 5.76 Å². The first-order chi connectivity index (χ1) is 11.6. The highest BCUT2D eigenvalue weighted by atomic mass is 16.5. The van der Waals surface area contributed by atoms with Crippen molar-refractivity contribution in [3.8, 4) is 0 Å². The smallest absolute Gasteiger partial charge is 0.291 e. The summed E-state index contributed by atoms with van der Waals surface area (Å²) in [6.07, 6.45) is 1.44. The maximum Gasteiger partial charge on any atom is 0.291 e. The first kappa shape index (κ1) is 15.5. The van der Waals surface area contributed by atoms with Crippen molar-refractivity contribution in [1.29, 1.82) is 0 Å². The molecular formula is C17H15N3O4. The summed E-state index contributed by atoms with van der Waals surface area (Å²) in [4.78, 5) is 23.9. The van der Waals surface area contributed by atoms with Crippen LogP contribution in [0.2, 0.25) is 0 Å². The van der Waals surface area contributed by atoms with Crippen LogP contribution in [0.25, 0.3) is 0 Å². The van der Waals surface area contributed by atoms with E-state index in [9.17, 15) is 9.59 Å². The van der Waals surface area contributed by atoms with E-state index in [1.165, 1.54) is 6.26 Å². The summed E-state index contributed by atoms with van der Waals surface area (Å²) in [6.45, 7) is 2.04. The summed E-state index contributed by atoms with van der Waals surface area (Å²) >= 11 is 0. The molecule has 2 aromatic heterocycles. The van der Waals surface area contributed by atoms with E-state index in [1.807, 2.05) is 6.07 Å². The molecule has 0 spiro atoms. The monoisotopic (exact) mass is 325 g/mol. The Hall–Kier alpha value is -3.35. The van der Waals surface area contributed by atoms with Crippen molar-refractivity contribution in [2.24, 2.45) is 0 Å². The van der Waals surface area contributed by atoms with Crippen molar-refractivity contribution >= 4 is 17.5 Å². The quantitative estimate of drug-likeness (QED) is 0.752. The lowest BCUT2D eigenvalue weighted by atomic mass is 10.2. The second-order valence-electron chi connectivity index (χ2n) is 5.15. The summed E-state index contributed by atoms with van der Waals surface area (Å²) in [6, 6.07) is 11.9. The van der Waals surface area contributed by atoms with Gasteiger partial charge in [-0.05, 0) is 36.8 Å². The van der Waals surface area contributed by atoms with E-state index in [1.54, 1.807) is 43.3 Å². The number of aromatic nitrogens is 1. The van der Waals surface area contributed by atoms with Gasteiger partial charge >= 0.3 is 0 Å². The average molecular weight is 325 g/mol. The zero-order valence-corrected chi connectivity index (χ0v) is 12.9. The van der Waals surface area contributed by atoms with Crippen molar-refractivity contribution in [3.63, 3.8) is 0 Å². The van der Waals surface area contributed by atoms with Gasteiger partial charge in [-0.2, -0.15) is 0 Å². The summed E-state index contributed by atoms with van der Waals surface area (Å²) in [5, 5.41) is 9.14. The number of hydrogen-bond acceptors (Lipinski definition) is 5. The fourth-order valence-corrected chi connectivity index (χ4v) is 2.10. The number of carbonyl (C=O) groups excluding carboxylic acids is 2. The van der Waals surface area contributed by atoms with Crippen LogP contribution in [0.1, 0.15) is 32.4 Å². The number of aryl methyl sites for hydroxylation is 1. The Morgan fingerprint density at radius 3 is 2.67 bits per heavy atom. The number of hydrogen-bond donors (Lipinski definition) is 2. The van der Waals surface area contributed by atoms with Gasteiger partial charge in [0.2, 0.25) is 5.76 Å². The summed E-state index contributed by atoms with van der Waals surface area (Å²) < 4.78 is 9.95. The third kappa shape index (κ3) is 3.70. The van der Waals surface area contributed by atoms with Crippen molar-refractivity contribution in [1.82, 2.24) is 10.5 Å². The molecule has 2 amide bonds. The minimum absolute atomic E-state index is 0.162. The van der Waals surface area contributed by atoms with Gasteiger partial charge in [-0.1, -0.05) is 17.3 Å². The van der Waals surface area contributed by atoms with E-state index in [0.717, 1.165) is 5.56 Å². The van der Waals surface area contributed by atoms with Gasteiger partial charge in [0, 0.05) is 18.3 Å². The van der Waals surface area contributed by atoms with Crippen LogP contribution in [0.4, 0.5) is 5.69 Å². The molecule has 0 radical (unpaired) electrons. The lowest BCUT2D eigenvalue weighted by molar-refractivity contribution is 0.0913. The number of amides is 2. The van der Waals surface area contributed by atoms with Crippen LogP contribution in [0.5, 0.6) is 0 Å². The molecule has 0 saturated heterocycles. The first-order valence-corrected chi connectivity index (χ1v) is 7.27. The fourth-order valence-electron chi connectivity index (χ4n) is 2.10. The third-order valence-corrected chi connectivity index (χ3v) is 3.23. The molecule has 0 aliphatic carbocycles. The molecule has 2 N–H and O–H groups in total. The van der Waals surface area contributed by atoms with E-state index in [4.69, 9.17) is 8.94 Å². The molecule has 0 fully saturated rings. The number of carbonyl (C=O) groups is 2. The Balaban J connectivity index is 1.61. The molecule has 0 bridgehead atoms. The van der Waals surface area contributed by atoms with Crippen molar-refractivity contribution in [2.45, 2.75) is 13.5 Å². The van der Waals surface area contributed by atoms with Crippen LogP contribution < -0.4 is 10.6 Å². The lowest BCUT2D eigenvalue weighted by Crippen LogP contribution is -2.22. The Bertz CT molecular complexity index is 852. The Morgan fingerprint density at radius 2 is 1.96 bits per heavy atom. The molecule has 0 atom stereocenters. The van der Waals surface area contributed by atoms with E-state index in [-0.39, 0.29) is 23.3 Å². The highest BCUT2D eigenvalue weighted by Gasteiger charge is 2.12. The van der Waals surface area contributed by atoms with Gasteiger partial charge in [0.1, 0.15) is 0 Å². The van der Waals surface area contributed by atoms with Gasteiger partial charge in [0.05, 0.1) is 12.0 Å². The fraction of sp³-hybridized carbons (Fsp3) is 0.118. The van der Waals surface area contributed by atoms with Crippen LogP contribution in [0.15, 0.2) is 57.7 Å². The van der Waals surface area contributed by atoms with Crippen molar-refractivity contribution in [2.75, 3.05) is 5.32 Å². The predicted octanol–water partition coefficient (Wildman–Crippen LogP) is 2.76. The minimum atomic E-state index is -0.347. The average Bonchev–Trinajstić information content (AvgIpc) is 3.24. The first-order valence-electron chi connectivity index (χ1n) is 7.27. The topological polar surface area (TPSA) is 97.4 Å². The predicted molar refractivity (Wildman–Crippen MR) is 85.5 cm³/mol. The van der Waals surface area contributed by atoms with Gasteiger partial charge in [-0.25, -0.2) is 0 Å². The zero-order valence-electron chi connectivity index (χ0n) is 12.9. The molecule has 0 saturated carbocycles. The number of benzene rings is 1. The maximum atomic E-state index is 11.9. The molecule has 3 aromatic rings. The van der Waals surface area contributed by atoms with Crippen LogP contribution >= 0.6 is 0 Å². The minimum Gasteiger partial charge on any atom is -0.459 e. The molecule has 7 heteroatoms. The standard InChI is InChI=1S/C17H15N3O4/c1-11-8-15(24-20-11)16(21)18-10-12-4-2-5-13(9-12)19-17(22)14-6-3-7-23-14/h2-9H,10H2,1H3,(H,18,21)(H,19,22). The molecule has 0 aliphatic rings. The summed E-state index contributed by atoms with van der Waals surface area (Å²) in [5.41, 5.74) is 2.08. The number of nitrogens with zero attached hydrogens (tertiary/aromatic N) is 1. The Labute approximate surface area is 137 Å². The third-order valence-electron chi connectivity index (χ3n) is 3.23. The molecule has 24 heavy (non-hydrogen) atoms. The van der Waals surface area contributed by atoms with E-state index in [2.05, 4.69) is 15.8 Å². The highest BCUT2D eigenvalue weighted by molar-refractivity contribution is 6.02. The molecule has 3 rings (SSSR count). The number of anilines is 1. The van der Waals surface area contributed by atoms with Gasteiger partial charge < -0.3 is 19.6 Å². The van der Waals surface area contributed by atoms with E-state index >= 15 is 0 Å². The SMILES string of the molecule is Cc1cc(C(=O)NCc2cccc(NC(=O)c3ccco3)c2)on1. The summed E-state index contributed by atoms with van der Waals surface area (Å²) in [7, 11) is 0. The molecule has 7 nitrogen and oxygen atoms in total. The van der Waals surface area contributed by atoms with Gasteiger partial charge in [-0.15, -0.1) is 0 Å². The highest BCUT2D eigenvalue weighted by Crippen LogP contribution is 2.13. The van der Waals surface area contributed by atoms with Crippen LogP contribution in [-0.2, 0) is 6.54 Å². The molecule has 2 heterocycles. The van der Waals surface area contributed by atoms with Crippen LogP contribution in [0.3, 0.4) is 0 Å². The zero-order chi connectivity index (χ0) is 16.9. The second kappa shape index (κ2) is 6.82. The lowest BCUT2D eigenvalue weighted by Gasteiger charge is -2.07. The van der Waals surface area contributed by atoms with Crippen molar-refractivity contribution in [3.05, 3.63) is 71.5 Å². The van der Waals surface area contributed by atoms with Crippen LogP contribution in [0, 0.1) is 6.92 Å². The maximum absolute atomic E-state index is 11.9. The van der Waals surface area contributed by atoms with Gasteiger partial charge in [-0.3, -0.25) is 9.59 Å². The molecule has 122 valence electrons. The number of furan rings is 1. The second-order valence-corrected chi connectivity index (χ2v) is 5.15. The number of rotatable bonds is 5. The largest absolute Gasteiger partial charge is 0.459 e. The Morgan fingerprint density at radius 1 is 1.08 bits per heavy atom. The van der Waals surface area contributed by atoms with E-state index < -0.39 is 0 Å². The molecule has 0 aliphatic heterocycles. The Kier molecular flexibility index (Phi) is 4.42. The normalized spacial score (nSPS) is 10.4. The molecule has 0 unspecified atom stereocenters. The summed E-state index contributed by atoms with van der Waals surface area (Å²) in [5.74, 6) is -0.289. The van der Waals surface area contributed by atoms with Crippen molar-refractivity contribution < 1.29 is 18.5 Å². The van der Waals surface area contributed by atoms with E-state index in [0.29, 0.717) is 17.9 Å².